The third kappa shape index (κ3) is 2.81. The maximum Gasteiger partial charge on any atom is 0.206 e. The number of rotatable bonds is 5. The molecule has 92 valence electrons. The van der Waals surface area contributed by atoms with Crippen LogP contribution in [0.1, 0.15) is 32.9 Å². The Labute approximate surface area is 109 Å². The van der Waals surface area contributed by atoms with E-state index in [2.05, 4.69) is 41.3 Å². The largest absolute Gasteiger partial charge is 0.358 e. The van der Waals surface area contributed by atoms with Gasteiger partial charge in [0.1, 0.15) is 0 Å². The van der Waals surface area contributed by atoms with Gasteiger partial charge >= 0.3 is 0 Å². The normalized spacial score (nSPS) is 12.6. The van der Waals surface area contributed by atoms with Crippen LogP contribution in [0.25, 0.3) is 9.88 Å². The molecule has 6 heteroatoms. The molecule has 0 bridgehead atoms. The maximum absolute atomic E-state index is 4.33. The van der Waals surface area contributed by atoms with Crippen LogP contribution < -0.4 is 5.32 Å². The zero-order valence-corrected chi connectivity index (χ0v) is 11.9. The molecule has 0 saturated carbocycles. The molecular formula is C11H16N4S2. The minimum absolute atomic E-state index is 0.433. The highest BCUT2D eigenvalue weighted by atomic mass is 32.1. The Hall–Kier alpha value is -1.01. The van der Waals surface area contributed by atoms with Crippen molar-refractivity contribution in [3.05, 3.63) is 11.2 Å². The van der Waals surface area contributed by atoms with Crippen molar-refractivity contribution >= 4 is 27.8 Å². The summed E-state index contributed by atoms with van der Waals surface area (Å²) in [7, 11) is 0. The number of hydrogen-bond acceptors (Lipinski definition) is 6. The average Bonchev–Trinajstić information content (AvgIpc) is 2.95. The SMILES string of the molecule is CCc1ncsc1-c1nnc(NC(C)CC)s1. The molecule has 1 N–H and O–H groups in total. The number of anilines is 1. The third-order valence-electron chi connectivity index (χ3n) is 2.58. The highest BCUT2D eigenvalue weighted by Gasteiger charge is 2.13. The van der Waals surface area contributed by atoms with Crippen LogP contribution in [0.5, 0.6) is 0 Å². The van der Waals surface area contributed by atoms with Crippen molar-refractivity contribution in [1.29, 1.82) is 0 Å². The Morgan fingerprint density at radius 3 is 2.88 bits per heavy atom. The Morgan fingerprint density at radius 1 is 1.35 bits per heavy atom. The van der Waals surface area contributed by atoms with Crippen molar-refractivity contribution < 1.29 is 0 Å². The summed E-state index contributed by atoms with van der Waals surface area (Å²) in [6.45, 7) is 6.40. The Bertz CT molecular complexity index is 477. The van der Waals surface area contributed by atoms with E-state index in [-0.39, 0.29) is 0 Å². The highest BCUT2D eigenvalue weighted by Crippen LogP contribution is 2.32. The fraction of sp³-hybridized carbons (Fsp3) is 0.545. The van der Waals surface area contributed by atoms with Crippen LogP contribution in [-0.4, -0.2) is 21.2 Å². The fourth-order valence-electron chi connectivity index (χ4n) is 1.38. The second kappa shape index (κ2) is 5.55. The summed E-state index contributed by atoms with van der Waals surface area (Å²) in [6.07, 6.45) is 2.02. The van der Waals surface area contributed by atoms with Gasteiger partial charge in [0.15, 0.2) is 5.01 Å². The molecule has 4 nitrogen and oxygen atoms in total. The number of aryl methyl sites for hydroxylation is 1. The molecule has 0 saturated heterocycles. The molecule has 2 heterocycles. The van der Waals surface area contributed by atoms with E-state index >= 15 is 0 Å². The molecule has 17 heavy (non-hydrogen) atoms. The van der Waals surface area contributed by atoms with Crippen LogP contribution in [0, 0.1) is 0 Å². The molecule has 1 atom stereocenters. The summed E-state index contributed by atoms with van der Waals surface area (Å²) < 4.78 is 0. The number of aromatic nitrogens is 3. The standard InChI is InChI=1S/C11H16N4S2/c1-4-7(3)13-11-15-14-10(17-11)9-8(5-2)12-6-16-9/h6-7H,4-5H2,1-3H3,(H,13,15). The predicted octanol–water partition coefficient (Wildman–Crippen LogP) is 3.43. The number of thiazole rings is 1. The number of nitrogens with zero attached hydrogens (tertiary/aromatic N) is 3. The Kier molecular flexibility index (Phi) is 4.06. The summed E-state index contributed by atoms with van der Waals surface area (Å²) in [5, 5.41) is 13.6. The van der Waals surface area contributed by atoms with Crippen LogP contribution in [0.2, 0.25) is 0 Å². The van der Waals surface area contributed by atoms with Crippen molar-refractivity contribution in [2.75, 3.05) is 5.32 Å². The molecule has 0 aromatic carbocycles. The van der Waals surface area contributed by atoms with Gasteiger partial charge in [-0.3, -0.25) is 0 Å². The topological polar surface area (TPSA) is 50.7 Å². The number of nitrogens with one attached hydrogen (secondary N) is 1. The third-order valence-corrected chi connectivity index (χ3v) is 4.45. The van der Waals surface area contributed by atoms with Crippen molar-refractivity contribution in [2.24, 2.45) is 0 Å². The van der Waals surface area contributed by atoms with Gasteiger partial charge < -0.3 is 5.32 Å². The summed E-state index contributed by atoms with van der Waals surface area (Å²) in [5.41, 5.74) is 2.98. The summed E-state index contributed by atoms with van der Waals surface area (Å²) in [5.74, 6) is 0. The molecule has 0 fully saturated rings. The number of hydrogen-bond donors (Lipinski definition) is 1. The smallest absolute Gasteiger partial charge is 0.206 e. The quantitative estimate of drug-likeness (QED) is 0.902. The lowest BCUT2D eigenvalue weighted by molar-refractivity contribution is 0.760. The van der Waals surface area contributed by atoms with Crippen LogP contribution >= 0.6 is 22.7 Å². The zero-order chi connectivity index (χ0) is 12.3. The minimum atomic E-state index is 0.433. The minimum Gasteiger partial charge on any atom is -0.358 e. The van der Waals surface area contributed by atoms with E-state index in [1.165, 1.54) is 0 Å². The monoisotopic (exact) mass is 268 g/mol. The first-order valence-electron chi connectivity index (χ1n) is 5.77. The second-order valence-electron chi connectivity index (χ2n) is 3.85. The van der Waals surface area contributed by atoms with Gasteiger partial charge in [-0.1, -0.05) is 25.2 Å². The first kappa shape index (κ1) is 12.4. The van der Waals surface area contributed by atoms with Gasteiger partial charge in [-0.2, -0.15) is 0 Å². The van der Waals surface area contributed by atoms with Gasteiger partial charge in [-0.15, -0.1) is 21.5 Å². The molecule has 0 amide bonds. The van der Waals surface area contributed by atoms with E-state index in [0.717, 1.165) is 33.6 Å². The molecule has 2 rings (SSSR count). The molecule has 0 aliphatic heterocycles. The molecule has 0 aliphatic rings. The van der Waals surface area contributed by atoms with Crippen molar-refractivity contribution in [3.8, 4) is 9.88 Å². The van der Waals surface area contributed by atoms with Crippen LogP contribution in [-0.2, 0) is 6.42 Å². The predicted molar refractivity (Wildman–Crippen MR) is 73.8 cm³/mol. The van der Waals surface area contributed by atoms with Gasteiger partial charge in [0.25, 0.3) is 0 Å². The first-order valence-corrected chi connectivity index (χ1v) is 7.47. The van der Waals surface area contributed by atoms with E-state index in [9.17, 15) is 0 Å². The lowest BCUT2D eigenvalue weighted by Gasteiger charge is -2.07. The molecule has 2 aromatic rings. The van der Waals surface area contributed by atoms with Gasteiger partial charge in [-0.25, -0.2) is 4.98 Å². The highest BCUT2D eigenvalue weighted by molar-refractivity contribution is 7.22. The molecule has 2 aromatic heterocycles. The average molecular weight is 268 g/mol. The van der Waals surface area contributed by atoms with Crippen molar-refractivity contribution in [3.63, 3.8) is 0 Å². The summed E-state index contributed by atoms with van der Waals surface area (Å²) in [6, 6.07) is 0.433. The van der Waals surface area contributed by atoms with Gasteiger partial charge in [0.05, 0.1) is 16.1 Å². The van der Waals surface area contributed by atoms with E-state index in [1.807, 2.05) is 5.51 Å². The molecule has 0 aliphatic carbocycles. The molecule has 0 radical (unpaired) electrons. The Morgan fingerprint density at radius 2 is 2.18 bits per heavy atom. The van der Waals surface area contributed by atoms with Gasteiger partial charge in [0.2, 0.25) is 5.13 Å². The maximum atomic E-state index is 4.33. The lowest BCUT2D eigenvalue weighted by atomic mass is 10.3. The van der Waals surface area contributed by atoms with Crippen LogP contribution in [0.3, 0.4) is 0 Å². The first-order chi connectivity index (χ1) is 8.24. The van der Waals surface area contributed by atoms with Crippen LogP contribution in [0.4, 0.5) is 5.13 Å². The van der Waals surface area contributed by atoms with Gasteiger partial charge in [-0.05, 0) is 19.8 Å². The molecule has 0 spiro atoms. The van der Waals surface area contributed by atoms with Crippen molar-refractivity contribution in [1.82, 2.24) is 15.2 Å². The van der Waals surface area contributed by atoms with E-state index in [0.29, 0.717) is 6.04 Å². The molecule has 1 unspecified atom stereocenters. The van der Waals surface area contributed by atoms with Crippen LogP contribution in [0.15, 0.2) is 5.51 Å². The van der Waals surface area contributed by atoms with Gasteiger partial charge in [0, 0.05) is 6.04 Å². The lowest BCUT2D eigenvalue weighted by Crippen LogP contribution is -2.12. The van der Waals surface area contributed by atoms with E-state index in [4.69, 9.17) is 0 Å². The summed E-state index contributed by atoms with van der Waals surface area (Å²) in [4.78, 5) is 5.49. The molecular weight excluding hydrogens is 252 g/mol. The summed E-state index contributed by atoms with van der Waals surface area (Å²) >= 11 is 3.24. The van der Waals surface area contributed by atoms with Crippen molar-refractivity contribution in [2.45, 2.75) is 39.7 Å². The fourth-order valence-corrected chi connectivity index (χ4v) is 3.23. The second-order valence-corrected chi connectivity index (χ2v) is 5.68. The zero-order valence-electron chi connectivity index (χ0n) is 10.2. The Balaban J connectivity index is 2.18. The van der Waals surface area contributed by atoms with E-state index < -0.39 is 0 Å². The van der Waals surface area contributed by atoms with E-state index in [1.54, 1.807) is 22.7 Å².